The monoisotopic (exact) mass is 278 g/mol. The number of halogens is 3. The summed E-state index contributed by atoms with van der Waals surface area (Å²) in [6, 6.07) is 4.30. The van der Waals surface area contributed by atoms with Gasteiger partial charge in [-0.2, -0.15) is 13.2 Å². The molecule has 1 rings (SSSR count). The molecule has 0 amide bonds. The second kappa shape index (κ2) is 4.93. The zero-order valence-corrected chi connectivity index (χ0v) is 10.0. The maximum Gasteiger partial charge on any atom is 0.501 e. The first kappa shape index (κ1) is 14.4. The average molecular weight is 278 g/mol. The first-order valence-corrected chi connectivity index (χ1v) is 6.23. The van der Waals surface area contributed by atoms with Crippen LogP contribution in [0.4, 0.5) is 13.2 Å². The Morgan fingerprint density at radius 3 is 2.39 bits per heavy atom. The van der Waals surface area contributed by atoms with Crippen molar-refractivity contribution in [1.29, 1.82) is 0 Å². The minimum absolute atomic E-state index is 0.204. The molecule has 0 N–H and O–H groups in total. The highest BCUT2D eigenvalue weighted by Crippen LogP contribution is 2.30. The van der Waals surface area contributed by atoms with Crippen LogP contribution in [0.15, 0.2) is 35.2 Å². The van der Waals surface area contributed by atoms with Gasteiger partial charge in [0.15, 0.2) is 5.78 Å². The number of carbonyl (C=O) groups is 1. The molecule has 0 unspecified atom stereocenters. The van der Waals surface area contributed by atoms with Crippen molar-refractivity contribution in [1.82, 2.24) is 0 Å². The van der Waals surface area contributed by atoms with Gasteiger partial charge < -0.3 is 0 Å². The Labute approximate surface area is 102 Å². The summed E-state index contributed by atoms with van der Waals surface area (Å²) in [5, 5.41) is 0. The van der Waals surface area contributed by atoms with Gasteiger partial charge in [0.25, 0.3) is 9.84 Å². The number of rotatable bonds is 3. The Morgan fingerprint density at radius 2 is 1.89 bits per heavy atom. The fraction of sp³-hybridized carbons (Fsp3) is 0.182. The Bertz CT molecular complexity index is 586. The summed E-state index contributed by atoms with van der Waals surface area (Å²) in [7, 11) is -5.36. The minimum Gasteiger partial charge on any atom is -0.295 e. The van der Waals surface area contributed by atoms with Gasteiger partial charge in [0.05, 0.1) is 4.90 Å². The molecule has 7 heteroatoms. The van der Waals surface area contributed by atoms with E-state index in [1.54, 1.807) is 0 Å². The van der Waals surface area contributed by atoms with Crippen molar-refractivity contribution >= 4 is 21.7 Å². The van der Waals surface area contributed by atoms with E-state index in [1.807, 2.05) is 0 Å². The summed E-state index contributed by atoms with van der Waals surface area (Å²) >= 11 is 0. The molecule has 0 saturated heterocycles. The fourth-order valence-electron chi connectivity index (χ4n) is 1.13. The van der Waals surface area contributed by atoms with Gasteiger partial charge in [0.1, 0.15) is 0 Å². The largest absolute Gasteiger partial charge is 0.501 e. The minimum atomic E-state index is -5.36. The zero-order chi connectivity index (χ0) is 14.0. The van der Waals surface area contributed by atoms with Crippen molar-refractivity contribution in [3.05, 3.63) is 35.9 Å². The molecular weight excluding hydrogens is 269 g/mol. The molecule has 0 atom stereocenters. The van der Waals surface area contributed by atoms with Gasteiger partial charge in [-0.1, -0.05) is 18.2 Å². The van der Waals surface area contributed by atoms with Crippen molar-refractivity contribution in [2.45, 2.75) is 17.3 Å². The van der Waals surface area contributed by atoms with Crippen LogP contribution in [-0.2, 0) is 14.6 Å². The molecule has 98 valence electrons. The Balaban J connectivity index is 3.22. The fourth-order valence-corrected chi connectivity index (χ4v) is 1.95. The summed E-state index contributed by atoms with van der Waals surface area (Å²) in [5.41, 5.74) is -5.13. The first-order chi connectivity index (χ1) is 8.14. The first-order valence-electron chi connectivity index (χ1n) is 4.74. The van der Waals surface area contributed by atoms with E-state index in [9.17, 15) is 26.4 Å². The molecule has 1 aromatic carbocycles. The molecule has 0 aliphatic carbocycles. The summed E-state index contributed by atoms with van der Waals surface area (Å²) in [4.78, 5) is 9.83. The number of alkyl halides is 3. The van der Waals surface area contributed by atoms with E-state index < -0.39 is 20.2 Å². The molecule has 0 bridgehead atoms. The molecule has 0 spiro atoms. The van der Waals surface area contributed by atoms with Crippen molar-refractivity contribution in [2.24, 2.45) is 0 Å². The van der Waals surface area contributed by atoms with Gasteiger partial charge in [-0.3, -0.25) is 4.79 Å². The number of allylic oxidation sites excluding steroid dienone is 1. The summed E-state index contributed by atoms with van der Waals surface area (Å²) in [5.74, 6) is -0.293. The lowest BCUT2D eigenvalue weighted by atomic mass is 10.2. The molecule has 0 fully saturated rings. The van der Waals surface area contributed by atoms with E-state index in [0.717, 1.165) is 18.2 Å². The van der Waals surface area contributed by atoms with Gasteiger partial charge in [0, 0.05) is 0 Å². The van der Waals surface area contributed by atoms with E-state index >= 15 is 0 Å². The number of benzene rings is 1. The molecule has 18 heavy (non-hydrogen) atoms. The lowest BCUT2D eigenvalue weighted by molar-refractivity contribution is -0.112. The van der Waals surface area contributed by atoms with Crippen molar-refractivity contribution in [2.75, 3.05) is 0 Å². The van der Waals surface area contributed by atoms with Crippen LogP contribution in [0, 0.1) is 0 Å². The van der Waals surface area contributed by atoms with Crippen molar-refractivity contribution < 1.29 is 26.4 Å². The zero-order valence-electron chi connectivity index (χ0n) is 9.23. The highest BCUT2D eigenvalue weighted by molar-refractivity contribution is 7.92. The Morgan fingerprint density at radius 1 is 1.28 bits per heavy atom. The van der Waals surface area contributed by atoms with Crippen LogP contribution < -0.4 is 0 Å². The van der Waals surface area contributed by atoms with Gasteiger partial charge >= 0.3 is 5.51 Å². The number of sulfone groups is 1. The van der Waals surface area contributed by atoms with Crippen molar-refractivity contribution in [3.8, 4) is 0 Å². The molecule has 0 radical (unpaired) electrons. The van der Waals surface area contributed by atoms with Crippen LogP contribution in [0.3, 0.4) is 0 Å². The number of carbonyl (C=O) groups excluding carboxylic acids is 1. The van der Waals surface area contributed by atoms with Crippen LogP contribution in [-0.4, -0.2) is 19.7 Å². The molecule has 0 saturated carbocycles. The Kier molecular flexibility index (Phi) is 3.95. The van der Waals surface area contributed by atoms with Gasteiger partial charge in [-0.15, -0.1) is 0 Å². The Hall–Kier alpha value is -1.63. The van der Waals surface area contributed by atoms with Gasteiger partial charge in [-0.25, -0.2) is 8.42 Å². The van der Waals surface area contributed by atoms with Crippen LogP contribution in [0.1, 0.15) is 12.5 Å². The van der Waals surface area contributed by atoms with Crippen LogP contribution in [0.25, 0.3) is 6.08 Å². The van der Waals surface area contributed by atoms with Gasteiger partial charge in [0.2, 0.25) is 0 Å². The van der Waals surface area contributed by atoms with Crippen LogP contribution in [0.2, 0.25) is 0 Å². The third kappa shape index (κ3) is 3.19. The molecule has 0 aromatic heterocycles. The third-order valence-corrected chi connectivity index (χ3v) is 3.47. The number of hydrogen-bond acceptors (Lipinski definition) is 3. The number of hydrogen-bond donors (Lipinski definition) is 0. The summed E-state index contributed by atoms with van der Waals surface area (Å²) in [6.45, 7) is 1.27. The number of ketones is 1. The predicted molar refractivity (Wildman–Crippen MR) is 59.4 cm³/mol. The van der Waals surface area contributed by atoms with E-state index in [0.29, 0.717) is 0 Å². The smallest absolute Gasteiger partial charge is 0.295 e. The maximum atomic E-state index is 12.3. The SMILES string of the molecule is CC(=O)/C=C/c1cccc(S(=O)(=O)C(F)(F)F)c1. The third-order valence-electron chi connectivity index (χ3n) is 1.98. The average Bonchev–Trinajstić information content (AvgIpc) is 2.25. The topological polar surface area (TPSA) is 51.2 Å². The second-order valence-electron chi connectivity index (χ2n) is 3.47. The van der Waals surface area contributed by atoms with E-state index in [-0.39, 0.29) is 11.3 Å². The molecule has 0 aliphatic rings. The van der Waals surface area contributed by atoms with Gasteiger partial charge in [-0.05, 0) is 30.7 Å². The maximum absolute atomic E-state index is 12.3. The lowest BCUT2D eigenvalue weighted by Gasteiger charge is -2.08. The normalized spacial score (nSPS) is 12.9. The van der Waals surface area contributed by atoms with Crippen LogP contribution in [0.5, 0.6) is 0 Å². The predicted octanol–water partition coefficient (Wildman–Crippen LogP) is 2.58. The van der Waals surface area contributed by atoms with E-state index in [1.165, 1.54) is 25.1 Å². The van der Waals surface area contributed by atoms with Crippen molar-refractivity contribution in [3.63, 3.8) is 0 Å². The molecule has 0 heterocycles. The molecule has 1 aromatic rings. The molecule has 0 aliphatic heterocycles. The molecular formula is C11H9F3O3S. The lowest BCUT2D eigenvalue weighted by Crippen LogP contribution is -2.23. The quantitative estimate of drug-likeness (QED) is 0.798. The molecule has 3 nitrogen and oxygen atoms in total. The second-order valence-corrected chi connectivity index (χ2v) is 5.41. The van der Waals surface area contributed by atoms with E-state index in [4.69, 9.17) is 0 Å². The summed E-state index contributed by atoms with van der Waals surface area (Å²) < 4.78 is 59.2. The highest BCUT2D eigenvalue weighted by atomic mass is 32.2. The highest BCUT2D eigenvalue weighted by Gasteiger charge is 2.46. The summed E-state index contributed by atoms with van der Waals surface area (Å²) in [6.07, 6.45) is 2.39. The standard InChI is InChI=1S/C11H9F3O3S/c1-8(15)5-6-9-3-2-4-10(7-9)18(16,17)11(12,13)14/h2-7H,1H3/b6-5+. The van der Waals surface area contributed by atoms with E-state index in [2.05, 4.69) is 0 Å². The van der Waals surface area contributed by atoms with Crippen LogP contribution >= 0.6 is 0 Å².